The van der Waals surface area contributed by atoms with Crippen LogP contribution in [0.2, 0.25) is 0 Å². The van der Waals surface area contributed by atoms with Crippen molar-refractivity contribution in [1.82, 2.24) is 9.55 Å². The van der Waals surface area contributed by atoms with Crippen molar-refractivity contribution in [1.29, 1.82) is 0 Å². The SMILES string of the molecule is Cc1cccc2c(=O)n(CCl)cnc12. The van der Waals surface area contributed by atoms with Gasteiger partial charge in [0.1, 0.15) is 6.00 Å². The van der Waals surface area contributed by atoms with E-state index in [4.69, 9.17) is 11.6 Å². The van der Waals surface area contributed by atoms with Gasteiger partial charge in [-0.05, 0) is 18.6 Å². The van der Waals surface area contributed by atoms with E-state index in [1.807, 2.05) is 19.1 Å². The van der Waals surface area contributed by atoms with Crippen molar-refractivity contribution >= 4 is 22.5 Å². The average Bonchev–Trinajstić information content (AvgIpc) is 2.20. The van der Waals surface area contributed by atoms with E-state index in [1.54, 1.807) is 6.07 Å². The largest absolute Gasteiger partial charge is 0.284 e. The van der Waals surface area contributed by atoms with Gasteiger partial charge < -0.3 is 0 Å². The summed E-state index contributed by atoms with van der Waals surface area (Å²) >= 11 is 5.60. The Kier molecular flexibility index (Phi) is 2.25. The molecule has 0 aliphatic rings. The average molecular weight is 209 g/mol. The molecular formula is C10H9ClN2O. The first-order chi connectivity index (χ1) is 6.74. The molecule has 0 radical (unpaired) electrons. The second-order valence-corrected chi connectivity index (χ2v) is 3.35. The summed E-state index contributed by atoms with van der Waals surface area (Å²) in [7, 11) is 0. The van der Waals surface area contributed by atoms with Gasteiger partial charge in [-0.15, -0.1) is 11.6 Å². The lowest BCUT2D eigenvalue weighted by atomic mass is 10.1. The van der Waals surface area contributed by atoms with Gasteiger partial charge in [-0.3, -0.25) is 9.36 Å². The number of hydrogen-bond donors (Lipinski definition) is 0. The quantitative estimate of drug-likeness (QED) is 0.671. The zero-order chi connectivity index (χ0) is 10.1. The highest BCUT2D eigenvalue weighted by Gasteiger charge is 2.03. The fraction of sp³-hybridized carbons (Fsp3) is 0.200. The Morgan fingerprint density at radius 3 is 3.00 bits per heavy atom. The number of nitrogens with zero attached hydrogens (tertiary/aromatic N) is 2. The maximum Gasteiger partial charge on any atom is 0.262 e. The van der Waals surface area contributed by atoms with Crippen molar-refractivity contribution in [3.8, 4) is 0 Å². The van der Waals surface area contributed by atoms with E-state index >= 15 is 0 Å². The summed E-state index contributed by atoms with van der Waals surface area (Å²) in [6.45, 7) is 1.93. The van der Waals surface area contributed by atoms with Crippen LogP contribution in [0.1, 0.15) is 5.56 Å². The third-order valence-corrected chi connectivity index (χ3v) is 2.44. The maximum atomic E-state index is 11.8. The minimum Gasteiger partial charge on any atom is -0.284 e. The number of halogens is 1. The molecule has 14 heavy (non-hydrogen) atoms. The van der Waals surface area contributed by atoms with Gasteiger partial charge in [0, 0.05) is 0 Å². The van der Waals surface area contributed by atoms with Crippen molar-refractivity contribution < 1.29 is 0 Å². The number of aryl methyl sites for hydroxylation is 1. The zero-order valence-electron chi connectivity index (χ0n) is 7.70. The number of rotatable bonds is 1. The summed E-state index contributed by atoms with van der Waals surface area (Å²) in [5, 5.41) is 0.619. The molecule has 0 saturated heterocycles. The topological polar surface area (TPSA) is 34.9 Å². The van der Waals surface area contributed by atoms with E-state index in [2.05, 4.69) is 4.98 Å². The number of para-hydroxylation sites is 1. The molecule has 0 amide bonds. The van der Waals surface area contributed by atoms with Gasteiger partial charge in [-0.1, -0.05) is 12.1 Å². The van der Waals surface area contributed by atoms with Crippen LogP contribution in [-0.2, 0) is 6.00 Å². The summed E-state index contributed by atoms with van der Waals surface area (Å²) in [4.78, 5) is 15.9. The molecule has 4 heteroatoms. The summed E-state index contributed by atoms with van der Waals surface area (Å²) < 4.78 is 1.38. The molecule has 0 bridgehead atoms. The van der Waals surface area contributed by atoms with E-state index < -0.39 is 0 Å². The van der Waals surface area contributed by atoms with Gasteiger partial charge in [0.05, 0.1) is 17.2 Å². The third-order valence-electron chi connectivity index (χ3n) is 2.18. The highest BCUT2D eigenvalue weighted by Crippen LogP contribution is 2.11. The highest BCUT2D eigenvalue weighted by molar-refractivity contribution is 6.15. The molecular weight excluding hydrogens is 200 g/mol. The predicted molar refractivity (Wildman–Crippen MR) is 56.6 cm³/mol. The molecule has 1 aromatic heterocycles. The molecule has 1 heterocycles. The molecule has 0 fully saturated rings. The normalized spacial score (nSPS) is 10.7. The lowest BCUT2D eigenvalue weighted by Gasteiger charge is -2.03. The van der Waals surface area contributed by atoms with Crippen molar-refractivity contribution in [3.05, 3.63) is 40.4 Å². The maximum absolute atomic E-state index is 11.8. The van der Waals surface area contributed by atoms with Gasteiger partial charge in [0.2, 0.25) is 0 Å². The molecule has 0 atom stereocenters. The fourth-order valence-corrected chi connectivity index (χ4v) is 1.59. The van der Waals surface area contributed by atoms with Crippen LogP contribution in [0, 0.1) is 6.92 Å². The molecule has 2 aromatic rings. The van der Waals surface area contributed by atoms with E-state index in [1.165, 1.54) is 10.9 Å². The Morgan fingerprint density at radius 1 is 1.50 bits per heavy atom. The molecule has 2 rings (SSSR count). The Morgan fingerprint density at radius 2 is 2.29 bits per heavy atom. The standard InChI is InChI=1S/C10H9ClN2O/c1-7-3-2-4-8-9(7)12-6-13(5-11)10(8)14/h2-4,6H,5H2,1H3. The Hall–Kier alpha value is -1.35. The van der Waals surface area contributed by atoms with Crippen molar-refractivity contribution in [2.75, 3.05) is 0 Å². The second-order valence-electron chi connectivity index (χ2n) is 3.11. The van der Waals surface area contributed by atoms with Gasteiger partial charge >= 0.3 is 0 Å². The highest BCUT2D eigenvalue weighted by atomic mass is 35.5. The van der Waals surface area contributed by atoms with Crippen LogP contribution >= 0.6 is 11.6 Å². The number of benzene rings is 1. The van der Waals surface area contributed by atoms with Gasteiger partial charge in [0.25, 0.3) is 5.56 Å². The second kappa shape index (κ2) is 3.42. The third kappa shape index (κ3) is 1.30. The van der Waals surface area contributed by atoms with Crippen LogP contribution in [0.15, 0.2) is 29.3 Å². The lowest BCUT2D eigenvalue weighted by Crippen LogP contribution is -2.18. The summed E-state index contributed by atoms with van der Waals surface area (Å²) in [5.41, 5.74) is 1.66. The van der Waals surface area contributed by atoms with Crippen molar-refractivity contribution in [3.63, 3.8) is 0 Å². The molecule has 1 aromatic carbocycles. The van der Waals surface area contributed by atoms with Crippen LogP contribution in [0.5, 0.6) is 0 Å². The Labute approximate surface area is 86.0 Å². The first-order valence-corrected chi connectivity index (χ1v) is 4.78. The number of fused-ring (bicyclic) bond motifs is 1. The molecule has 0 spiro atoms. The van der Waals surface area contributed by atoms with E-state index in [0.717, 1.165) is 11.1 Å². The lowest BCUT2D eigenvalue weighted by molar-refractivity contribution is 0.815. The van der Waals surface area contributed by atoms with Crippen LogP contribution in [0.3, 0.4) is 0 Å². The molecule has 0 aliphatic heterocycles. The van der Waals surface area contributed by atoms with Crippen LogP contribution in [0.25, 0.3) is 10.9 Å². The number of aromatic nitrogens is 2. The molecule has 3 nitrogen and oxygen atoms in total. The summed E-state index contributed by atoms with van der Waals surface area (Å²) in [6.07, 6.45) is 1.48. The van der Waals surface area contributed by atoms with Gasteiger partial charge in [-0.25, -0.2) is 4.98 Å². The van der Waals surface area contributed by atoms with Crippen LogP contribution in [0.4, 0.5) is 0 Å². The van der Waals surface area contributed by atoms with Crippen molar-refractivity contribution in [2.45, 2.75) is 12.9 Å². The Bertz CT molecular complexity index is 533. The van der Waals surface area contributed by atoms with E-state index in [0.29, 0.717) is 5.39 Å². The number of alkyl halides is 1. The molecule has 0 N–H and O–H groups in total. The van der Waals surface area contributed by atoms with Crippen LogP contribution in [-0.4, -0.2) is 9.55 Å². The minimum absolute atomic E-state index is 0.0892. The monoisotopic (exact) mass is 208 g/mol. The smallest absolute Gasteiger partial charge is 0.262 e. The van der Waals surface area contributed by atoms with Crippen molar-refractivity contribution in [2.24, 2.45) is 0 Å². The Balaban J connectivity index is 2.91. The fourth-order valence-electron chi connectivity index (χ4n) is 1.42. The first kappa shape index (κ1) is 9.21. The van der Waals surface area contributed by atoms with Gasteiger partial charge in [0.15, 0.2) is 0 Å². The van der Waals surface area contributed by atoms with Crippen LogP contribution < -0.4 is 5.56 Å². The molecule has 0 saturated carbocycles. The van der Waals surface area contributed by atoms with Gasteiger partial charge in [-0.2, -0.15) is 0 Å². The summed E-state index contributed by atoms with van der Waals surface area (Å²) in [5.74, 6) is 0. The molecule has 72 valence electrons. The first-order valence-electron chi connectivity index (χ1n) is 4.25. The predicted octanol–water partition coefficient (Wildman–Crippen LogP) is 1.90. The summed E-state index contributed by atoms with van der Waals surface area (Å²) in [6, 6.07) is 5.68. The molecule has 0 unspecified atom stereocenters. The number of hydrogen-bond acceptors (Lipinski definition) is 2. The molecule has 0 aliphatic carbocycles. The van der Waals surface area contributed by atoms with E-state index in [9.17, 15) is 4.79 Å². The van der Waals surface area contributed by atoms with E-state index in [-0.39, 0.29) is 11.6 Å². The zero-order valence-corrected chi connectivity index (χ0v) is 8.45. The minimum atomic E-state index is -0.0892.